The molecule has 0 aliphatic heterocycles. The van der Waals surface area contributed by atoms with Gasteiger partial charge < -0.3 is 10.6 Å². The molecule has 0 radical (unpaired) electrons. The largest absolute Gasteiger partial charge is 0.340 e. The van der Waals surface area contributed by atoms with Crippen molar-refractivity contribution in [2.45, 2.75) is 44.6 Å². The van der Waals surface area contributed by atoms with E-state index in [4.69, 9.17) is 5.73 Å². The standard InChI is InChI=1S/C11H20F2N2O/c1-15(7-10(12)13)11(16)6-8-2-4-9(14)5-3-8/h8-10H,2-7,14H2,1H3. The Labute approximate surface area is 95.0 Å². The second kappa shape index (κ2) is 6.13. The third-order valence-electron chi connectivity index (χ3n) is 3.19. The predicted molar refractivity (Wildman–Crippen MR) is 58.2 cm³/mol. The smallest absolute Gasteiger partial charge is 0.255 e. The van der Waals surface area contributed by atoms with Crippen LogP contribution in [0.4, 0.5) is 8.78 Å². The molecule has 1 fully saturated rings. The van der Waals surface area contributed by atoms with Gasteiger partial charge in [0.05, 0.1) is 6.54 Å². The highest BCUT2D eigenvalue weighted by Crippen LogP contribution is 2.26. The molecule has 0 saturated heterocycles. The van der Waals surface area contributed by atoms with Crippen LogP contribution in [0.25, 0.3) is 0 Å². The minimum Gasteiger partial charge on any atom is -0.340 e. The number of carbonyl (C=O) groups excluding carboxylic acids is 1. The van der Waals surface area contributed by atoms with Gasteiger partial charge in [0.2, 0.25) is 5.91 Å². The van der Waals surface area contributed by atoms with E-state index in [0.717, 1.165) is 30.6 Å². The summed E-state index contributed by atoms with van der Waals surface area (Å²) in [6.45, 7) is -0.467. The summed E-state index contributed by atoms with van der Waals surface area (Å²) in [6, 6.07) is 0.255. The minimum atomic E-state index is -2.45. The second-order valence-corrected chi connectivity index (χ2v) is 4.65. The normalized spacial score (nSPS) is 25.8. The number of halogens is 2. The molecule has 16 heavy (non-hydrogen) atoms. The van der Waals surface area contributed by atoms with Gasteiger partial charge in [0.1, 0.15) is 0 Å². The van der Waals surface area contributed by atoms with Crippen LogP contribution in [0, 0.1) is 5.92 Å². The molecule has 0 bridgehead atoms. The summed E-state index contributed by atoms with van der Waals surface area (Å²) in [5.41, 5.74) is 5.76. The molecule has 0 aromatic carbocycles. The first-order valence-corrected chi connectivity index (χ1v) is 5.76. The Hall–Kier alpha value is -0.710. The van der Waals surface area contributed by atoms with Gasteiger partial charge >= 0.3 is 0 Å². The summed E-state index contributed by atoms with van der Waals surface area (Å²) in [5, 5.41) is 0. The fourth-order valence-corrected chi connectivity index (χ4v) is 2.10. The lowest BCUT2D eigenvalue weighted by Crippen LogP contribution is -2.34. The maximum absolute atomic E-state index is 12.1. The van der Waals surface area contributed by atoms with Crippen LogP contribution >= 0.6 is 0 Å². The van der Waals surface area contributed by atoms with Crippen molar-refractivity contribution in [3.05, 3.63) is 0 Å². The zero-order chi connectivity index (χ0) is 12.1. The van der Waals surface area contributed by atoms with Crippen molar-refractivity contribution in [2.24, 2.45) is 11.7 Å². The lowest BCUT2D eigenvalue weighted by atomic mass is 9.84. The number of hydrogen-bond acceptors (Lipinski definition) is 2. The van der Waals surface area contributed by atoms with Crippen molar-refractivity contribution >= 4 is 5.91 Å². The topological polar surface area (TPSA) is 46.3 Å². The van der Waals surface area contributed by atoms with Crippen LogP contribution < -0.4 is 5.73 Å². The molecule has 0 aromatic heterocycles. The van der Waals surface area contributed by atoms with Crippen LogP contribution in [-0.4, -0.2) is 36.9 Å². The first kappa shape index (κ1) is 13.4. The molecule has 5 heteroatoms. The van der Waals surface area contributed by atoms with E-state index in [1.807, 2.05) is 0 Å². The van der Waals surface area contributed by atoms with Gasteiger partial charge in [0.25, 0.3) is 6.43 Å². The Morgan fingerprint density at radius 2 is 1.94 bits per heavy atom. The summed E-state index contributed by atoms with van der Waals surface area (Å²) in [4.78, 5) is 12.7. The van der Waals surface area contributed by atoms with Gasteiger partial charge in [-0.05, 0) is 31.6 Å². The second-order valence-electron chi connectivity index (χ2n) is 4.65. The van der Waals surface area contributed by atoms with Gasteiger partial charge in [0.15, 0.2) is 0 Å². The molecule has 1 rings (SSSR count). The van der Waals surface area contributed by atoms with E-state index in [2.05, 4.69) is 0 Å². The predicted octanol–water partition coefficient (Wildman–Crippen LogP) is 1.62. The van der Waals surface area contributed by atoms with E-state index in [1.165, 1.54) is 7.05 Å². The quantitative estimate of drug-likeness (QED) is 0.803. The Balaban J connectivity index is 2.28. The SMILES string of the molecule is CN(CC(F)F)C(=O)CC1CCC(N)CC1. The maximum Gasteiger partial charge on any atom is 0.255 e. The average Bonchev–Trinajstić information content (AvgIpc) is 2.20. The number of alkyl halides is 2. The van der Waals surface area contributed by atoms with Crippen molar-refractivity contribution in [1.29, 1.82) is 0 Å². The highest BCUT2D eigenvalue weighted by Gasteiger charge is 2.23. The third-order valence-corrected chi connectivity index (χ3v) is 3.19. The lowest BCUT2D eigenvalue weighted by Gasteiger charge is -2.27. The summed E-state index contributed by atoms with van der Waals surface area (Å²) < 4.78 is 24.1. The third kappa shape index (κ3) is 4.43. The molecule has 1 aliphatic carbocycles. The molecule has 1 amide bonds. The molecular weight excluding hydrogens is 214 g/mol. The summed E-state index contributed by atoms with van der Waals surface area (Å²) >= 11 is 0. The van der Waals surface area contributed by atoms with Crippen LogP contribution in [0.2, 0.25) is 0 Å². The molecule has 1 saturated carbocycles. The fourth-order valence-electron chi connectivity index (χ4n) is 2.10. The van der Waals surface area contributed by atoms with Crippen LogP contribution in [0.15, 0.2) is 0 Å². The average molecular weight is 234 g/mol. The molecule has 0 aromatic rings. The zero-order valence-corrected chi connectivity index (χ0v) is 9.66. The Morgan fingerprint density at radius 1 is 1.38 bits per heavy atom. The number of nitrogens with zero attached hydrogens (tertiary/aromatic N) is 1. The van der Waals surface area contributed by atoms with E-state index in [9.17, 15) is 13.6 Å². The summed E-state index contributed by atoms with van der Waals surface area (Å²) in [5.74, 6) is 0.146. The summed E-state index contributed by atoms with van der Waals surface area (Å²) in [7, 11) is 1.43. The van der Waals surface area contributed by atoms with Crippen LogP contribution in [0.3, 0.4) is 0 Å². The van der Waals surface area contributed by atoms with Crippen LogP contribution in [-0.2, 0) is 4.79 Å². The Morgan fingerprint density at radius 3 is 2.44 bits per heavy atom. The molecule has 1 aliphatic rings. The van der Waals surface area contributed by atoms with Crippen LogP contribution in [0.5, 0.6) is 0 Å². The Bertz CT molecular complexity index is 228. The van der Waals surface area contributed by atoms with Crippen molar-refractivity contribution in [3.8, 4) is 0 Å². The van der Waals surface area contributed by atoms with E-state index in [1.54, 1.807) is 0 Å². The van der Waals surface area contributed by atoms with Gasteiger partial charge in [-0.1, -0.05) is 0 Å². The molecule has 3 nitrogen and oxygen atoms in total. The van der Waals surface area contributed by atoms with Gasteiger partial charge in [-0.2, -0.15) is 0 Å². The van der Waals surface area contributed by atoms with E-state index < -0.39 is 13.0 Å². The van der Waals surface area contributed by atoms with Crippen LogP contribution in [0.1, 0.15) is 32.1 Å². The molecule has 0 heterocycles. The molecule has 0 unspecified atom stereocenters. The fraction of sp³-hybridized carbons (Fsp3) is 0.909. The highest BCUT2D eigenvalue weighted by molar-refractivity contribution is 5.76. The van der Waals surface area contributed by atoms with Crippen molar-refractivity contribution < 1.29 is 13.6 Å². The van der Waals surface area contributed by atoms with Crippen molar-refractivity contribution in [2.75, 3.05) is 13.6 Å². The maximum atomic E-state index is 12.1. The molecular formula is C11H20F2N2O. The van der Waals surface area contributed by atoms with E-state index in [0.29, 0.717) is 12.3 Å². The zero-order valence-electron chi connectivity index (χ0n) is 9.66. The summed E-state index contributed by atoms with van der Waals surface area (Å²) in [6.07, 6.45) is 1.70. The van der Waals surface area contributed by atoms with Gasteiger partial charge in [-0.3, -0.25) is 4.79 Å². The van der Waals surface area contributed by atoms with Crippen molar-refractivity contribution in [1.82, 2.24) is 4.90 Å². The van der Waals surface area contributed by atoms with Gasteiger partial charge in [-0.15, -0.1) is 0 Å². The number of amides is 1. The number of nitrogens with two attached hydrogens (primary N) is 1. The molecule has 2 N–H and O–H groups in total. The Kier molecular flexibility index (Phi) is 5.12. The lowest BCUT2D eigenvalue weighted by molar-refractivity contribution is -0.132. The number of carbonyl (C=O) groups is 1. The number of rotatable bonds is 4. The molecule has 0 atom stereocenters. The highest BCUT2D eigenvalue weighted by atomic mass is 19.3. The first-order valence-electron chi connectivity index (χ1n) is 5.76. The monoisotopic (exact) mass is 234 g/mol. The van der Waals surface area contributed by atoms with E-state index in [-0.39, 0.29) is 11.9 Å². The van der Waals surface area contributed by atoms with Gasteiger partial charge in [0, 0.05) is 19.5 Å². The first-order chi connectivity index (χ1) is 7.49. The van der Waals surface area contributed by atoms with E-state index >= 15 is 0 Å². The molecule has 94 valence electrons. The minimum absolute atomic E-state index is 0.180. The van der Waals surface area contributed by atoms with Crippen molar-refractivity contribution in [3.63, 3.8) is 0 Å². The van der Waals surface area contributed by atoms with Gasteiger partial charge in [-0.25, -0.2) is 8.78 Å². The molecule has 0 spiro atoms. The number of hydrogen-bond donors (Lipinski definition) is 1.